The normalized spacial score (nSPS) is 15.2. The Morgan fingerprint density at radius 1 is 1.15 bits per heavy atom. The lowest BCUT2D eigenvalue weighted by molar-refractivity contribution is 0.516. The third-order valence-electron chi connectivity index (χ3n) is 4.71. The minimum absolute atomic E-state index is 0.0674. The van der Waals surface area contributed by atoms with Gasteiger partial charge in [0.1, 0.15) is 5.82 Å². The second-order valence-corrected chi connectivity index (χ2v) is 7.97. The van der Waals surface area contributed by atoms with Crippen LogP contribution in [-0.4, -0.2) is 20.2 Å². The predicted molar refractivity (Wildman–Crippen MR) is 108 cm³/mol. The predicted octanol–water partition coefficient (Wildman–Crippen LogP) is 4.63. The van der Waals surface area contributed by atoms with Crippen molar-refractivity contribution in [2.75, 3.05) is 5.32 Å². The smallest absolute Gasteiger partial charge is 0.258 e. The van der Waals surface area contributed by atoms with Crippen LogP contribution in [0.5, 0.6) is 0 Å². The first kappa shape index (κ1) is 17.1. The molecule has 1 aromatic carbocycles. The second-order valence-electron chi connectivity index (χ2n) is 6.68. The van der Waals surface area contributed by atoms with Gasteiger partial charge in [-0.25, -0.2) is 4.98 Å². The molecule has 0 bridgehead atoms. The third kappa shape index (κ3) is 4.07. The highest BCUT2D eigenvalue weighted by molar-refractivity contribution is 7.99. The quantitative estimate of drug-likeness (QED) is 0.689. The van der Waals surface area contributed by atoms with Crippen LogP contribution in [0.25, 0.3) is 10.9 Å². The van der Waals surface area contributed by atoms with E-state index in [0.29, 0.717) is 10.6 Å². The summed E-state index contributed by atoms with van der Waals surface area (Å²) in [7, 11) is 0. The first-order valence-corrected chi connectivity index (χ1v) is 10.1. The molecule has 0 spiro atoms. The minimum Gasteiger partial charge on any atom is -0.354 e. The van der Waals surface area contributed by atoms with E-state index in [1.54, 1.807) is 12.4 Å². The zero-order valence-corrected chi connectivity index (χ0v) is 15.4. The van der Waals surface area contributed by atoms with E-state index in [1.165, 1.54) is 32.1 Å². The third-order valence-corrected chi connectivity index (χ3v) is 6.10. The van der Waals surface area contributed by atoms with Crippen LogP contribution in [0.4, 0.5) is 11.4 Å². The Kier molecular flexibility index (Phi) is 5.20. The van der Waals surface area contributed by atoms with Gasteiger partial charge in [0.25, 0.3) is 5.56 Å². The van der Waals surface area contributed by atoms with Crippen LogP contribution in [0.1, 0.15) is 37.9 Å². The van der Waals surface area contributed by atoms with E-state index in [0.717, 1.165) is 28.5 Å². The summed E-state index contributed by atoms with van der Waals surface area (Å²) in [6.07, 6.45) is 10.1. The second kappa shape index (κ2) is 7.91. The van der Waals surface area contributed by atoms with Crippen LogP contribution in [0.2, 0.25) is 0 Å². The van der Waals surface area contributed by atoms with Gasteiger partial charge in [0.2, 0.25) is 0 Å². The molecule has 2 aromatic heterocycles. The number of hydrogen-bond acceptors (Lipinski definition) is 5. The summed E-state index contributed by atoms with van der Waals surface area (Å²) in [5, 5.41) is 4.61. The number of rotatable bonds is 5. The molecule has 3 aromatic rings. The number of aromatic nitrogens is 3. The molecule has 0 saturated heterocycles. The monoisotopic (exact) mass is 366 g/mol. The lowest BCUT2D eigenvalue weighted by Gasteiger charge is -2.20. The summed E-state index contributed by atoms with van der Waals surface area (Å²) in [4.78, 5) is 24.1. The van der Waals surface area contributed by atoms with Gasteiger partial charge in [-0.05, 0) is 43.2 Å². The van der Waals surface area contributed by atoms with E-state index in [1.807, 2.05) is 42.1 Å². The average molecular weight is 366 g/mol. The maximum atomic E-state index is 12.4. The highest BCUT2D eigenvalue weighted by Gasteiger charge is 2.14. The van der Waals surface area contributed by atoms with Gasteiger partial charge in [-0.2, -0.15) is 11.8 Å². The molecule has 0 amide bonds. The van der Waals surface area contributed by atoms with E-state index in [4.69, 9.17) is 4.98 Å². The summed E-state index contributed by atoms with van der Waals surface area (Å²) in [5.74, 6) is 1.52. The molecular weight excluding hydrogens is 344 g/mol. The van der Waals surface area contributed by atoms with Crippen LogP contribution in [-0.2, 0) is 5.75 Å². The number of pyridine rings is 1. The first-order valence-electron chi connectivity index (χ1n) is 9.09. The van der Waals surface area contributed by atoms with Crippen molar-refractivity contribution in [1.29, 1.82) is 0 Å². The molecule has 0 unspecified atom stereocenters. The molecule has 0 aliphatic heterocycles. The maximum absolute atomic E-state index is 12.4. The van der Waals surface area contributed by atoms with Gasteiger partial charge in [0, 0.05) is 17.1 Å². The van der Waals surface area contributed by atoms with E-state index in [2.05, 4.69) is 15.3 Å². The topological polar surface area (TPSA) is 70.7 Å². The molecule has 2 N–H and O–H groups in total. The zero-order valence-electron chi connectivity index (χ0n) is 14.6. The van der Waals surface area contributed by atoms with Crippen molar-refractivity contribution in [1.82, 2.24) is 15.0 Å². The number of anilines is 2. The van der Waals surface area contributed by atoms with Crippen molar-refractivity contribution < 1.29 is 0 Å². The average Bonchev–Trinajstić information content (AvgIpc) is 2.68. The lowest BCUT2D eigenvalue weighted by Crippen LogP contribution is -2.13. The number of benzene rings is 1. The minimum atomic E-state index is -0.0674. The molecule has 4 rings (SSSR count). The number of H-pyrrole nitrogens is 1. The largest absolute Gasteiger partial charge is 0.354 e. The Hall–Kier alpha value is -2.34. The lowest BCUT2D eigenvalue weighted by atomic mass is 10.0. The summed E-state index contributed by atoms with van der Waals surface area (Å²) in [6.45, 7) is 0. The van der Waals surface area contributed by atoms with Gasteiger partial charge in [0.15, 0.2) is 0 Å². The Bertz CT molecular complexity index is 935. The highest BCUT2D eigenvalue weighted by Crippen LogP contribution is 2.30. The molecule has 1 fully saturated rings. The number of thioether (sulfide) groups is 1. The van der Waals surface area contributed by atoms with Crippen molar-refractivity contribution in [3.05, 3.63) is 58.9 Å². The molecule has 0 radical (unpaired) electrons. The van der Waals surface area contributed by atoms with Crippen LogP contribution >= 0.6 is 11.8 Å². The SMILES string of the molecule is O=c1[nH]c(CSC2CCCCC2)nc2cc(Nc3cccnc3)ccc12. The summed E-state index contributed by atoms with van der Waals surface area (Å²) in [6, 6.07) is 9.47. The van der Waals surface area contributed by atoms with Crippen LogP contribution in [0, 0.1) is 0 Å². The summed E-state index contributed by atoms with van der Waals surface area (Å²) < 4.78 is 0. The van der Waals surface area contributed by atoms with Gasteiger partial charge in [0.05, 0.1) is 28.5 Å². The number of hydrogen-bond donors (Lipinski definition) is 2. The van der Waals surface area contributed by atoms with Crippen molar-refractivity contribution in [2.45, 2.75) is 43.1 Å². The molecule has 134 valence electrons. The fourth-order valence-electron chi connectivity index (χ4n) is 3.37. The molecule has 1 saturated carbocycles. The molecule has 6 heteroatoms. The summed E-state index contributed by atoms with van der Waals surface area (Å²) in [5.41, 5.74) is 2.46. The number of nitrogens with zero attached hydrogens (tertiary/aromatic N) is 2. The number of aromatic amines is 1. The molecule has 1 aliphatic rings. The molecule has 0 atom stereocenters. The number of fused-ring (bicyclic) bond motifs is 1. The molecule has 26 heavy (non-hydrogen) atoms. The van der Waals surface area contributed by atoms with Gasteiger partial charge in [-0.15, -0.1) is 0 Å². The van der Waals surface area contributed by atoms with E-state index in [-0.39, 0.29) is 5.56 Å². The standard InChI is InChI=1S/C20H22N4OS/c25-20-17-9-8-14(22-15-5-4-10-21-12-15)11-18(17)23-19(24-20)13-26-16-6-2-1-3-7-16/h4-5,8-12,16,22H,1-3,6-7,13H2,(H,23,24,25). The van der Waals surface area contributed by atoms with E-state index >= 15 is 0 Å². The maximum Gasteiger partial charge on any atom is 0.258 e. The van der Waals surface area contributed by atoms with Gasteiger partial charge in [-0.1, -0.05) is 19.3 Å². The van der Waals surface area contributed by atoms with Crippen molar-refractivity contribution in [3.8, 4) is 0 Å². The molecule has 1 aliphatic carbocycles. The van der Waals surface area contributed by atoms with Crippen molar-refractivity contribution in [2.24, 2.45) is 0 Å². The molecule has 5 nitrogen and oxygen atoms in total. The molecule has 2 heterocycles. The fourth-order valence-corrected chi connectivity index (χ4v) is 4.56. The van der Waals surface area contributed by atoms with Gasteiger partial charge in [-0.3, -0.25) is 9.78 Å². The highest BCUT2D eigenvalue weighted by atomic mass is 32.2. The van der Waals surface area contributed by atoms with Gasteiger partial charge >= 0.3 is 0 Å². The van der Waals surface area contributed by atoms with Crippen molar-refractivity contribution in [3.63, 3.8) is 0 Å². The summed E-state index contributed by atoms with van der Waals surface area (Å²) >= 11 is 1.92. The Morgan fingerprint density at radius 2 is 2.04 bits per heavy atom. The zero-order chi connectivity index (χ0) is 17.8. The Balaban J connectivity index is 1.54. The van der Waals surface area contributed by atoms with E-state index < -0.39 is 0 Å². The first-order chi connectivity index (χ1) is 12.8. The van der Waals surface area contributed by atoms with Gasteiger partial charge < -0.3 is 10.3 Å². The van der Waals surface area contributed by atoms with Crippen LogP contribution in [0.15, 0.2) is 47.5 Å². The van der Waals surface area contributed by atoms with Crippen molar-refractivity contribution >= 4 is 34.0 Å². The Morgan fingerprint density at radius 3 is 2.85 bits per heavy atom. The fraction of sp³-hybridized carbons (Fsp3) is 0.350. The van der Waals surface area contributed by atoms with Crippen LogP contribution < -0.4 is 10.9 Å². The van der Waals surface area contributed by atoms with Crippen LogP contribution in [0.3, 0.4) is 0 Å². The Labute approximate surface area is 156 Å². The van der Waals surface area contributed by atoms with E-state index in [9.17, 15) is 4.79 Å². The molecular formula is C20H22N4OS. The number of nitrogens with one attached hydrogen (secondary N) is 2.